The van der Waals surface area contributed by atoms with Gasteiger partial charge in [0.05, 0.1) is 5.56 Å². The number of hydrogen-bond donors (Lipinski definition) is 1. The Bertz CT molecular complexity index is 570. The Morgan fingerprint density at radius 1 is 1.33 bits per heavy atom. The van der Waals surface area contributed by atoms with Crippen molar-refractivity contribution in [1.29, 1.82) is 0 Å². The lowest BCUT2D eigenvalue weighted by molar-refractivity contribution is 0.0999. The second-order valence-electron chi connectivity index (χ2n) is 4.59. The maximum Gasteiger partial charge on any atom is 0.250 e. The summed E-state index contributed by atoms with van der Waals surface area (Å²) in [6.45, 7) is 6.09. The molecule has 4 heteroatoms. The third-order valence-electron chi connectivity index (χ3n) is 3.05. The minimum atomic E-state index is -0.387. The van der Waals surface area contributed by atoms with E-state index in [1.807, 2.05) is 25.1 Å². The van der Waals surface area contributed by atoms with Crippen molar-refractivity contribution < 1.29 is 4.79 Å². The highest BCUT2D eigenvalue weighted by Gasteiger charge is 2.17. The first-order chi connectivity index (χ1) is 8.52. The highest BCUT2D eigenvalue weighted by molar-refractivity contribution is 5.95. The molecule has 1 amide bonds. The van der Waals surface area contributed by atoms with Gasteiger partial charge < -0.3 is 10.3 Å². The normalized spacial score (nSPS) is 10.9. The van der Waals surface area contributed by atoms with Crippen molar-refractivity contribution in [1.82, 2.24) is 9.55 Å². The van der Waals surface area contributed by atoms with Gasteiger partial charge in [-0.05, 0) is 39.0 Å². The molecule has 2 N–H and O–H groups in total. The zero-order valence-electron chi connectivity index (χ0n) is 10.8. The molecule has 0 saturated heterocycles. The lowest BCUT2D eigenvalue weighted by Crippen LogP contribution is -2.13. The molecule has 0 fully saturated rings. The fourth-order valence-corrected chi connectivity index (χ4v) is 2.28. The van der Waals surface area contributed by atoms with Crippen molar-refractivity contribution in [2.75, 3.05) is 0 Å². The molecule has 0 aliphatic carbocycles. The van der Waals surface area contributed by atoms with Crippen molar-refractivity contribution in [3.05, 3.63) is 41.9 Å². The van der Waals surface area contributed by atoms with E-state index in [2.05, 4.69) is 23.4 Å². The van der Waals surface area contributed by atoms with Gasteiger partial charge in [-0.2, -0.15) is 0 Å². The Morgan fingerprint density at radius 2 is 1.94 bits per heavy atom. The molecule has 0 bridgehead atoms. The summed E-state index contributed by atoms with van der Waals surface area (Å²) in [5.41, 5.74) is 8.93. The molecule has 0 spiro atoms. The van der Waals surface area contributed by atoms with Crippen LogP contribution in [0.4, 0.5) is 0 Å². The van der Waals surface area contributed by atoms with Crippen molar-refractivity contribution in [3.8, 4) is 11.3 Å². The lowest BCUT2D eigenvalue weighted by Gasteiger charge is -2.15. The van der Waals surface area contributed by atoms with E-state index in [1.165, 1.54) is 0 Å². The van der Waals surface area contributed by atoms with E-state index in [0.29, 0.717) is 5.56 Å². The summed E-state index contributed by atoms with van der Waals surface area (Å²) < 4.78 is 2.12. The number of carbonyl (C=O) groups excluding carboxylic acids is 1. The number of carbonyl (C=O) groups is 1. The van der Waals surface area contributed by atoms with Crippen LogP contribution in [0.1, 0.15) is 35.9 Å². The first kappa shape index (κ1) is 12.4. The Balaban J connectivity index is 2.67. The van der Waals surface area contributed by atoms with Crippen LogP contribution >= 0.6 is 0 Å². The number of pyridine rings is 1. The smallest absolute Gasteiger partial charge is 0.250 e. The minimum Gasteiger partial charge on any atom is -0.366 e. The second-order valence-corrected chi connectivity index (χ2v) is 4.59. The first-order valence-electron chi connectivity index (χ1n) is 5.94. The van der Waals surface area contributed by atoms with Crippen LogP contribution in [0.25, 0.3) is 11.3 Å². The second kappa shape index (κ2) is 4.64. The predicted octanol–water partition coefficient (Wildman–Crippen LogP) is 2.54. The van der Waals surface area contributed by atoms with E-state index < -0.39 is 0 Å². The van der Waals surface area contributed by atoms with E-state index in [-0.39, 0.29) is 11.9 Å². The monoisotopic (exact) mass is 243 g/mol. The molecule has 94 valence electrons. The number of hydrogen-bond acceptors (Lipinski definition) is 2. The van der Waals surface area contributed by atoms with Crippen LogP contribution in [0.2, 0.25) is 0 Å². The highest BCUT2D eigenvalue weighted by Crippen LogP contribution is 2.28. The summed E-state index contributed by atoms with van der Waals surface area (Å²) in [5, 5.41) is 0. The van der Waals surface area contributed by atoms with Gasteiger partial charge in [0, 0.05) is 35.4 Å². The summed E-state index contributed by atoms with van der Waals surface area (Å²) in [4.78, 5) is 15.4. The lowest BCUT2D eigenvalue weighted by atomic mass is 10.1. The van der Waals surface area contributed by atoms with Crippen LogP contribution < -0.4 is 5.73 Å². The molecule has 0 unspecified atom stereocenters. The average molecular weight is 243 g/mol. The third kappa shape index (κ3) is 2.01. The molecule has 0 radical (unpaired) electrons. The summed E-state index contributed by atoms with van der Waals surface area (Å²) >= 11 is 0. The maximum absolute atomic E-state index is 11.4. The van der Waals surface area contributed by atoms with Gasteiger partial charge in [-0.3, -0.25) is 9.78 Å². The quantitative estimate of drug-likeness (QED) is 0.900. The molecule has 2 aromatic rings. The van der Waals surface area contributed by atoms with Gasteiger partial charge in [0.15, 0.2) is 0 Å². The van der Waals surface area contributed by atoms with Gasteiger partial charge in [-0.1, -0.05) is 0 Å². The number of primary amides is 1. The van der Waals surface area contributed by atoms with Gasteiger partial charge in [-0.15, -0.1) is 0 Å². The largest absolute Gasteiger partial charge is 0.366 e. The molecule has 0 atom stereocenters. The average Bonchev–Trinajstić information content (AvgIpc) is 2.68. The molecule has 18 heavy (non-hydrogen) atoms. The molecule has 0 aromatic carbocycles. The van der Waals surface area contributed by atoms with Gasteiger partial charge in [0.2, 0.25) is 0 Å². The number of rotatable bonds is 3. The Kier molecular flexibility index (Phi) is 3.19. The number of nitrogens with two attached hydrogens (primary N) is 1. The SMILES string of the molecule is Cc1c(C(N)=O)cc(-c2ccncc2)n1C(C)C. The number of amides is 1. The standard InChI is InChI=1S/C14H17N3O/c1-9(2)17-10(3)12(14(15)18)8-13(17)11-4-6-16-7-5-11/h4-9H,1-3H3,(H2,15,18). The fraction of sp³-hybridized carbons (Fsp3) is 0.286. The van der Waals surface area contributed by atoms with Crippen LogP contribution in [0.3, 0.4) is 0 Å². The Hall–Kier alpha value is -2.10. The van der Waals surface area contributed by atoms with E-state index in [4.69, 9.17) is 5.73 Å². The fourth-order valence-electron chi connectivity index (χ4n) is 2.28. The van der Waals surface area contributed by atoms with Crippen molar-refractivity contribution in [3.63, 3.8) is 0 Å². The number of aromatic nitrogens is 2. The van der Waals surface area contributed by atoms with E-state index in [1.54, 1.807) is 12.4 Å². The van der Waals surface area contributed by atoms with Gasteiger partial charge in [-0.25, -0.2) is 0 Å². The summed E-state index contributed by atoms with van der Waals surface area (Å²) in [6.07, 6.45) is 3.48. The summed E-state index contributed by atoms with van der Waals surface area (Å²) in [7, 11) is 0. The predicted molar refractivity (Wildman–Crippen MR) is 71.3 cm³/mol. The van der Waals surface area contributed by atoms with Crippen LogP contribution in [0.15, 0.2) is 30.6 Å². The molecule has 0 aliphatic heterocycles. The van der Waals surface area contributed by atoms with Crippen LogP contribution in [-0.4, -0.2) is 15.5 Å². The molecule has 0 aliphatic rings. The van der Waals surface area contributed by atoms with E-state index in [9.17, 15) is 4.79 Å². The van der Waals surface area contributed by atoms with Crippen molar-refractivity contribution in [2.45, 2.75) is 26.8 Å². The molecular weight excluding hydrogens is 226 g/mol. The van der Waals surface area contributed by atoms with Gasteiger partial charge >= 0.3 is 0 Å². The summed E-state index contributed by atoms with van der Waals surface area (Å²) in [5.74, 6) is -0.387. The molecular formula is C14H17N3O. The molecule has 0 saturated carbocycles. The van der Waals surface area contributed by atoms with E-state index >= 15 is 0 Å². The van der Waals surface area contributed by atoms with Crippen LogP contribution in [0.5, 0.6) is 0 Å². The Labute approximate surface area is 106 Å². The minimum absolute atomic E-state index is 0.265. The van der Waals surface area contributed by atoms with Crippen molar-refractivity contribution in [2.24, 2.45) is 5.73 Å². The summed E-state index contributed by atoms with van der Waals surface area (Å²) in [6, 6.07) is 5.98. The third-order valence-corrected chi connectivity index (χ3v) is 3.05. The highest BCUT2D eigenvalue weighted by atomic mass is 16.1. The molecule has 2 aromatic heterocycles. The topological polar surface area (TPSA) is 60.9 Å². The molecule has 4 nitrogen and oxygen atoms in total. The van der Waals surface area contributed by atoms with Crippen LogP contribution in [0, 0.1) is 6.92 Å². The first-order valence-corrected chi connectivity index (χ1v) is 5.94. The number of nitrogens with zero attached hydrogens (tertiary/aromatic N) is 2. The van der Waals surface area contributed by atoms with Crippen molar-refractivity contribution >= 4 is 5.91 Å². The zero-order valence-corrected chi connectivity index (χ0v) is 10.8. The van der Waals surface area contributed by atoms with Gasteiger partial charge in [0.1, 0.15) is 0 Å². The zero-order chi connectivity index (χ0) is 13.3. The Morgan fingerprint density at radius 3 is 2.44 bits per heavy atom. The molecule has 2 heterocycles. The van der Waals surface area contributed by atoms with Gasteiger partial charge in [0.25, 0.3) is 5.91 Å². The molecule has 2 rings (SSSR count). The maximum atomic E-state index is 11.4. The van der Waals surface area contributed by atoms with E-state index in [0.717, 1.165) is 17.0 Å². The van der Waals surface area contributed by atoms with Crippen LogP contribution in [-0.2, 0) is 0 Å².